The third kappa shape index (κ3) is 2.25. The van der Waals surface area contributed by atoms with Gasteiger partial charge in [0.25, 0.3) is 0 Å². The third-order valence-corrected chi connectivity index (χ3v) is 2.84. The average molecular weight is 188 g/mol. The summed E-state index contributed by atoms with van der Waals surface area (Å²) in [5.41, 5.74) is 3.00. The van der Waals surface area contributed by atoms with Crippen LogP contribution in [0.2, 0.25) is 0 Å². The van der Waals surface area contributed by atoms with Crippen LogP contribution in [0.4, 0.5) is 0 Å². The summed E-state index contributed by atoms with van der Waals surface area (Å²) < 4.78 is 0. The highest BCUT2D eigenvalue weighted by atomic mass is 14.3. The van der Waals surface area contributed by atoms with Crippen LogP contribution in [0, 0.1) is 5.41 Å². The van der Waals surface area contributed by atoms with Gasteiger partial charge in [0.1, 0.15) is 0 Å². The minimum absolute atomic E-state index is 0.125. The first-order valence-corrected chi connectivity index (χ1v) is 5.28. The molecule has 0 heteroatoms. The standard InChI is InChI=1S/C14H20/c1-5-9-12-10-7-8-11-13(12)14(3,4)6-2/h5-7,9-10H,2,8,11H2,1,3-4H3/b9-5-. The summed E-state index contributed by atoms with van der Waals surface area (Å²) in [7, 11) is 0. The van der Waals surface area contributed by atoms with Crippen LogP contribution in [0.5, 0.6) is 0 Å². The van der Waals surface area contributed by atoms with Crippen LogP contribution in [-0.4, -0.2) is 0 Å². The van der Waals surface area contributed by atoms with E-state index in [1.165, 1.54) is 11.1 Å². The molecule has 0 spiro atoms. The molecule has 1 rings (SSSR count). The molecule has 0 aromatic carbocycles. The van der Waals surface area contributed by atoms with Crippen molar-refractivity contribution in [2.24, 2.45) is 5.41 Å². The SMILES string of the molecule is C=CC(C)(C)C1=C(/C=C\C)C=CCC1. The molecule has 14 heavy (non-hydrogen) atoms. The molecule has 0 aliphatic heterocycles. The van der Waals surface area contributed by atoms with Gasteiger partial charge in [-0.05, 0) is 25.3 Å². The maximum absolute atomic E-state index is 3.92. The van der Waals surface area contributed by atoms with E-state index >= 15 is 0 Å². The van der Waals surface area contributed by atoms with Crippen LogP contribution in [-0.2, 0) is 0 Å². The Morgan fingerprint density at radius 3 is 2.71 bits per heavy atom. The molecule has 0 N–H and O–H groups in total. The van der Waals surface area contributed by atoms with E-state index in [2.05, 4.69) is 51.7 Å². The normalized spacial score (nSPS) is 17.9. The highest BCUT2D eigenvalue weighted by Crippen LogP contribution is 2.36. The van der Waals surface area contributed by atoms with E-state index in [0.717, 1.165) is 12.8 Å². The second kappa shape index (κ2) is 4.45. The summed E-state index contributed by atoms with van der Waals surface area (Å²) >= 11 is 0. The molecule has 0 fully saturated rings. The van der Waals surface area contributed by atoms with Crippen molar-refractivity contribution in [1.29, 1.82) is 0 Å². The van der Waals surface area contributed by atoms with Crippen LogP contribution in [0.25, 0.3) is 0 Å². The summed E-state index contributed by atoms with van der Waals surface area (Å²) in [4.78, 5) is 0. The Kier molecular flexibility index (Phi) is 3.51. The van der Waals surface area contributed by atoms with Crippen molar-refractivity contribution < 1.29 is 0 Å². The van der Waals surface area contributed by atoms with Gasteiger partial charge in [-0.25, -0.2) is 0 Å². The Bertz CT molecular complexity index is 294. The van der Waals surface area contributed by atoms with Crippen molar-refractivity contribution in [2.75, 3.05) is 0 Å². The quantitative estimate of drug-likeness (QED) is 0.575. The van der Waals surface area contributed by atoms with E-state index in [4.69, 9.17) is 0 Å². The molecule has 0 unspecified atom stereocenters. The van der Waals surface area contributed by atoms with Crippen molar-refractivity contribution in [2.45, 2.75) is 33.6 Å². The third-order valence-electron chi connectivity index (χ3n) is 2.84. The van der Waals surface area contributed by atoms with Gasteiger partial charge in [0, 0.05) is 5.41 Å². The van der Waals surface area contributed by atoms with Crippen molar-refractivity contribution in [3.05, 3.63) is 48.1 Å². The van der Waals surface area contributed by atoms with Crippen molar-refractivity contribution >= 4 is 0 Å². The Hall–Kier alpha value is -1.04. The topological polar surface area (TPSA) is 0 Å². The van der Waals surface area contributed by atoms with Crippen LogP contribution < -0.4 is 0 Å². The van der Waals surface area contributed by atoms with Crippen LogP contribution in [0.15, 0.2) is 48.1 Å². The Morgan fingerprint density at radius 2 is 2.14 bits per heavy atom. The fraction of sp³-hybridized carbons (Fsp3) is 0.429. The van der Waals surface area contributed by atoms with E-state index in [1.54, 1.807) is 0 Å². The average Bonchev–Trinajstić information content (AvgIpc) is 2.19. The molecule has 0 saturated carbocycles. The molecule has 0 nitrogen and oxygen atoms in total. The van der Waals surface area contributed by atoms with Gasteiger partial charge in [0.05, 0.1) is 0 Å². The molecular formula is C14H20. The molecule has 1 aliphatic rings. The summed E-state index contributed by atoms with van der Waals surface area (Å²) in [6.45, 7) is 10.5. The summed E-state index contributed by atoms with van der Waals surface area (Å²) in [5.74, 6) is 0. The zero-order valence-electron chi connectivity index (χ0n) is 9.51. The van der Waals surface area contributed by atoms with Crippen molar-refractivity contribution in [3.8, 4) is 0 Å². The minimum Gasteiger partial charge on any atom is -0.102 e. The number of hydrogen-bond acceptors (Lipinski definition) is 0. The molecule has 0 aromatic rings. The van der Waals surface area contributed by atoms with Crippen LogP contribution >= 0.6 is 0 Å². The zero-order valence-corrected chi connectivity index (χ0v) is 9.51. The van der Waals surface area contributed by atoms with Crippen molar-refractivity contribution in [3.63, 3.8) is 0 Å². The lowest BCUT2D eigenvalue weighted by molar-refractivity contribution is 0.547. The van der Waals surface area contributed by atoms with Gasteiger partial charge in [-0.15, -0.1) is 6.58 Å². The van der Waals surface area contributed by atoms with Gasteiger partial charge in [-0.3, -0.25) is 0 Å². The van der Waals surface area contributed by atoms with Gasteiger partial charge in [-0.2, -0.15) is 0 Å². The van der Waals surface area contributed by atoms with Gasteiger partial charge < -0.3 is 0 Å². The second-order valence-corrected chi connectivity index (χ2v) is 4.30. The van der Waals surface area contributed by atoms with E-state index < -0.39 is 0 Å². The maximum atomic E-state index is 3.92. The molecule has 0 saturated heterocycles. The smallest absolute Gasteiger partial charge is 0.00406 e. The largest absolute Gasteiger partial charge is 0.102 e. The monoisotopic (exact) mass is 188 g/mol. The first-order chi connectivity index (χ1) is 6.61. The van der Waals surface area contributed by atoms with Crippen molar-refractivity contribution in [1.82, 2.24) is 0 Å². The lowest BCUT2D eigenvalue weighted by Crippen LogP contribution is -2.14. The minimum atomic E-state index is 0.125. The molecular weight excluding hydrogens is 168 g/mol. The molecule has 0 heterocycles. The Morgan fingerprint density at radius 1 is 1.43 bits per heavy atom. The van der Waals surface area contributed by atoms with E-state index in [9.17, 15) is 0 Å². The first-order valence-electron chi connectivity index (χ1n) is 5.28. The second-order valence-electron chi connectivity index (χ2n) is 4.30. The number of allylic oxidation sites excluding steroid dienone is 7. The van der Waals surface area contributed by atoms with E-state index in [1.807, 2.05) is 6.08 Å². The highest BCUT2D eigenvalue weighted by Gasteiger charge is 2.22. The molecule has 0 radical (unpaired) electrons. The van der Waals surface area contributed by atoms with E-state index in [-0.39, 0.29) is 5.41 Å². The van der Waals surface area contributed by atoms with Gasteiger partial charge >= 0.3 is 0 Å². The predicted octanol–water partition coefficient (Wildman–Crippen LogP) is 4.42. The zero-order chi connectivity index (χ0) is 10.6. The van der Waals surface area contributed by atoms with Gasteiger partial charge in [0.15, 0.2) is 0 Å². The fourth-order valence-corrected chi connectivity index (χ4v) is 1.84. The predicted molar refractivity (Wildman–Crippen MR) is 64.2 cm³/mol. The molecule has 0 aromatic heterocycles. The van der Waals surface area contributed by atoms with Gasteiger partial charge in [0.2, 0.25) is 0 Å². The number of rotatable bonds is 3. The molecule has 0 bridgehead atoms. The Labute approximate surface area is 87.7 Å². The summed E-state index contributed by atoms with van der Waals surface area (Å²) in [5, 5.41) is 0. The molecule has 1 aliphatic carbocycles. The lowest BCUT2D eigenvalue weighted by atomic mass is 9.77. The van der Waals surface area contributed by atoms with Crippen LogP contribution in [0.3, 0.4) is 0 Å². The van der Waals surface area contributed by atoms with Crippen LogP contribution in [0.1, 0.15) is 33.6 Å². The number of hydrogen-bond donors (Lipinski definition) is 0. The molecule has 0 atom stereocenters. The lowest BCUT2D eigenvalue weighted by Gasteiger charge is -2.28. The summed E-state index contributed by atoms with van der Waals surface area (Å²) in [6, 6.07) is 0. The molecule has 76 valence electrons. The van der Waals surface area contributed by atoms with E-state index in [0.29, 0.717) is 0 Å². The van der Waals surface area contributed by atoms with Gasteiger partial charge in [-0.1, -0.05) is 49.8 Å². The Balaban J connectivity index is 3.12. The maximum Gasteiger partial charge on any atom is 0.00406 e. The summed E-state index contributed by atoms with van der Waals surface area (Å²) in [6.07, 6.45) is 13.1. The molecule has 0 amide bonds. The first kappa shape index (κ1) is 11.0. The highest BCUT2D eigenvalue weighted by molar-refractivity contribution is 5.42. The fourth-order valence-electron chi connectivity index (χ4n) is 1.84.